The molecular formula is C18H27N3O2S. The Morgan fingerprint density at radius 3 is 2.71 bits per heavy atom. The van der Waals surface area contributed by atoms with Crippen LogP contribution in [-0.4, -0.2) is 41.7 Å². The lowest BCUT2D eigenvalue weighted by Crippen LogP contribution is -2.47. The van der Waals surface area contributed by atoms with Crippen LogP contribution in [0.15, 0.2) is 6.20 Å². The number of urea groups is 1. The Kier molecular flexibility index (Phi) is 4.77. The fraction of sp³-hybridized carbons (Fsp3) is 0.778. The Balaban J connectivity index is 1.32. The highest BCUT2D eigenvalue weighted by atomic mass is 32.1. The van der Waals surface area contributed by atoms with Gasteiger partial charge in [-0.15, -0.1) is 11.3 Å². The molecule has 4 rings (SSSR count). The van der Waals surface area contributed by atoms with E-state index in [1.54, 1.807) is 11.3 Å². The molecule has 1 aromatic heterocycles. The number of piperidine rings is 1. The number of rotatable bonds is 4. The van der Waals surface area contributed by atoms with Gasteiger partial charge in [-0.2, -0.15) is 0 Å². The van der Waals surface area contributed by atoms with Crippen molar-refractivity contribution in [1.29, 1.82) is 0 Å². The van der Waals surface area contributed by atoms with Gasteiger partial charge < -0.3 is 15.0 Å². The Morgan fingerprint density at radius 2 is 2.12 bits per heavy atom. The zero-order valence-corrected chi connectivity index (χ0v) is 15.2. The molecule has 2 amide bonds. The van der Waals surface area contributed by atoms with Crippen molar-refractivity contribution >= 4 is 17.4 Å². The van der Waals surface area contributed by atoms with Gasteiger partial charge >= 0.3 is 6.03 Å². The summed E-state index contributed by atoms with van der Waals surface area (Å²) < 4.78 is 5.83. The molecule has 0 aromatic carbocycles. The topological polar surface area (TPSA) is 54.5 Å². The van der Waals surface area contributed by atoms with Crippen molar-refractivity contribution in [3.8, 4) is 0 Å². The molecule has 3 aliphatic rings. The van der Waals surface area contributed by atoms with Crippen LogP contribution in [-0.2, 0) is 4.74 Å². The van der Waals surface area contributed by atoms with Crippen LogP contribution in [0.25, 0.3) is 0 Å². The van der Waals surface area contributed by atoms with E-state index in [0.717, 1.165) is 37.5 Å². The lowest BCUT2D eigenvalue weighted by Gasteiger charge is -2.35. The van der Waals surface area contributed by atoms with Crippen molar-refractivity contribution in [2.75, 3.05) is 19.7 Å². The molecule has 1 aliphatic carbocycles. The van der Waals surface area contributed by atoms with Crippen LogP contribution in [0.1, 0.15) is 54.5 Å². The fourth-order valence-corrected chi connectivity index (χ4v) is 4.92. The molecule has 5 nitrogen and oxygen atoms in total. The summed E-state index contributed by atoms with van der Waals surface area (Å²) in [5, 5.41) is 4.33. The summed E-state index contributed by atoms with van der Waals surface area (Å²) in [6.45, 7) is 4.69. The lowest BCUT2D eigenvalue weighted by molar-refractivity contribution is 0.0370. The van der Waals surface area contributed by atoms with Gasteiger partial charge in [-0.1, -0.05) is 0 Å². The van der Waals surface area contributed by atoms with Crippen molar-refractivity contribution in [2.24, 2.45) is 11.8 Å². The Labute approximate surface area is 147 Å². The molecule has 0 spiro atoms. The maximum absolute atomic E-state index is 12.7. The van der Waals surface area contributed by atoms with Crippen molar-refractivity contribution < 1.29 is 9.53 Å². The smallest absolute Gasteiger partial charge is 0.317 e. The molecule has 2 aliphatic heterocycles. The minimum absolute atomic E-state index is 0.0885. The molecule has 6 heteroatoms. The maximum Gasteiger partial charge on any atom is 0.317 e. The normalized spacial score (nSPS) is 26.5. The van der Waals surface area contributed by atoms with Gasteiger partial charge in [0, 0.05) is 30.8 Å². The van der Waals surface area contributed by atoms with Gasteiger partial charge in [-0.3, -0.25) is 0 Å². The monoisotopic (exact) mass is 349 g/mol. The average molecular weight is 350 g/mol. The molecule has 0 radical (unpaired) electrons. The third-order valence-corrected chi connectivity index (χ3v) is 6.59. The van der Waals surface area contributed by atoms with Gasteiger partial charge in [0.1, 0.15) is 5.01 Å². The number of hydrogen-bond donors (Lipinski definition) is 1. The molecule has 0 bridgehead atoms. The third kappa shape index (κ3) is 3.59. The van der Waals surface area contributed by atoms with Crippen LogP contribution in [0.3, 0.4) is 0 Å². The van der Waals surface area contributed by atoms with Crippen molar-refractivity contribution in [3.05, 3.63) is 16.1 Å². The number of ether oxygens (including phenoxy) is 1. The van der Waals surface area contributed by atoms with Gasteiger partial charge in [0.05, 0.1) is 12.1 Å². The van der Waals surface area contributed by atoms with Crippen LogP contribution >= 0.6 is 11.3 Å². The summed E-state index contributed by atoms with van der Waals surface area (Å²) in [5.74, 6) is 1.21. The van der Waals surface area contributed by atoms with E-state index in [4.69, 9.17) is 4.74 Å². The van der Waals surface area contributed by atoms with E-state index in [0.29, 0.717) is 17.9 Å². The van der Waals surface area contributed by atoms with Crippen molar-refractivity contribution in [3.63, 3.8) is 0 Å². The van der Waals surface area contributed by atoms with Crippen LogP contribution in [0.2, 0.25) is 0 Å². The van der Waals surface area contributed by atoms with Gasteiger partial charge in [-0.25, -0.2) is 9.78 Å². The first-order chi connectivity index (χ1) is 11.7. The SMILES string of the molecule is Cc1cnc([C@H](NC(=O)N2CCC([C@@H]3CCCO3)CC2)C2CC2)s1. The molecule has 24 heavy (non-hydrogen) atoms. The van der Waals surface area contributed by atoms with E-state index in [2.05, 4.69) is 17.2 Å². The summed E-state index contributed by atoms with van der Waals surface area (Å²) >= 11 is 1.71. The number of carbonyl (C=O) groups excluding carboxylic acids is 1. The Hall–Kier alpha value is -1.14. The van der Waals surface area contributed by atoms with Crippen LogP contribution in [0.4, 0.5) is 4.79 Å². The average Bonchev–Trinajstić information content (AvgIpc) is 3.10. The second kappa shape index (κ2) is 7.00. The maximum atomic E-state index is 12.7. The minimum atomic E-state index is 0.0885. The zero-order chi connectivity index (χ0) is 16.5. The number of nitrogens with one attached hydrogen (secondary N) is 1. The number of nitrogens with zero attached hydrogens (tertiary/aromatic N) is 2. The molecule has 3 fully saturated rings. The van der Waals surface area contributed by atoms with Gasteiger partial charge in [0.2, 0.25) is 0 Å². The fourth-order valence-electron chi connectivity index (χ4n) is 4.00. The first-order valence-corrected chi connectivity index (χ1v) is 10.1. The lowest BCUT2D eigenvalue weighted by atomic mass is 9.90. The second-order valence-electron chi connectivity index (χ2n) is 7.45. The Bertz CT molecular complexity index is 573. The van der Waals surface area contributed by atoms with Gasteiger partial charge in [-0.05, 0) is 57.3 Å². The highest BCUT2D eigenvalue weighted by Crippen LogP contribution is 2.42. The summed E-state index contributed by atoms with van der Waals surface area (Å²) in [6.07, 6.45) is 9.29. The molecule has 0 unspecified atom stereocenters. The van der Waals surface area contributed by atoms with Crippen molar-refractivity contribution in [1.82, 2.24) is 15.2 Å². The van der Waals surface area contributed by atoms with Gasteiger partial charge in [0.15, 0.2) is 0 Å². The largest absolute Gasteiger partial charge is 0.378 e. The van der Waals surface area contributed by atoms with E-state index >= 15 is 0 Å². The van der Waals surface area contributed by atoms with E-state index in [9.17, 15) is 4.79 Å². The van der Waals surface area contributed by atoms with E-state index in [1.807, 2.05) is 11.1 Å². The number of thiazole rings is 1. The van der Waals surface area contributed by atoms with E-state index in [1.165, 1.54) is 30.6 Å². The number of amides is 2. The molecule has 1 saturated carbocycles. The van der Waals surface area contributed by atoms with E-state index in [-0.39, 0.29) is 12.1 Å². The third-order valence-electron chi connectivity index (χ3n) is 5.60. The van der Waals surface area contributed by atoms with Crippen LogP contribution < -0.4 is 5.32 Å². The highest BCUT2D eigenvalue weighted by molar-refractivity contribution is 7.11. The number of carbonyl (C=O) groups is 1. The molecule has 2 saturated heterocycles. The summed E-state index contributed by atoms with van der Waals surface area (Å²) in [6, 6.07) is 0.192. The second-order valence-corrected chi connectivity index (χ2v) is 8.72. The van der Waals surface area contributed by atoms with Gasteiger partial charge in [0.25, 0.3) is 0 Å². The minimum Gasteiger partial charge on any atom is -0.378 e. The Morgan fingerprint density at radius 1 is 1.33 bits per heavy atom. The zero-order valence-electron chi connectivity index (χ0n) is 14.4. The van der Waals surface area contributed by atoms with Crippen LogP contribution in [0, 0.1) is 18.8 Å². The molecule has 1 N–H and O–H groups in total. The molecular weight excluding hydrogens is 322 g/mol. The summed E-state index contributed by atoms with van der Waals surface area (Å²) in [4.78, 5) is 20.4. The predicted octanol–water partition coefficient (Wildman–Crippen LogP) is 3.50. The molecule has 3 heterocycles. The number of likely N-dealkylation sites (tertiary alicyclic amines) is 1. The van der Waals surface area contributed by atoms with Crippen LogP contribution in [0.5, 0.6) is 0 Å². The highest BCUT2D eigenvalue weighted by Gasteiger charge is 2.37. The van der Waals surface area contributed by atoms with E-state index < -0.39 is 0 Å². The summed E-state index contributed by atoms with van der Waals surface area (Å²) in [5.41, 5.74) is 0. The predicted molar refractivity (Wildman–Crippen MR) is 94.1 cm³/mol. The summed E-state index contributed by atoms with van der Waals surface area (Å²) in [7, 11) is 0. The number of aryl methyl sites for hydroxylation is 1. The first-order valence-electron chi connectivity index (χ1n) is 9.30. The number of hydrogen-bond acceptors (Lipinski definition) is 4. The molecule has 2 atom stereocenters. The van der Waals surface area contributed by atoms with Crippen molar-refractivity contribution in [2.45, 2.75) is 57.6 Å². The number of aromatic nitrogens is 1. The quantitative estimate of drug-likeness (QED) is 0.905. The first kappa shape index (κ1) is 16.3. The molecule has 1 aromatic rings. The standard InChI is InChI=1S/C18H27N3O2S/c1-12-11-19-17(24-12)16(14-4-5-14)20-18(22)21-8-6-13(7-9-21)15-3-2-10-23-15/h11,13-16H,2-10H2,1H3,(H,20,22)/t15-,16+/m0/s1. The molecule has 132 valence electrons.